The molecule has 0 spiro atoms. The van der Waals surface area contributed by atoms with E-state index in [-0.39, 0.29) is 12.0 Å². The summed E-state index contributed by atoms with van der Waals surface area (Å²) < 4.78 is 10.9. The Morgan fingerprint density at radius 2 is 2.26 bits per heavy atom. The Morgan fingerprint density at radius 3 is 2.95 bits per heavy atom. The maximum absolute atomic E-state index is 11.7. The van der Waals surface area contributed by atoms with Gasteiger partial charge in [0.25, 0.3) is 0 Å². The maximum Gasteiger partial charge on any atom is 0.249 e. The molecular formula is C15H21NO3. The predicted octanol–water partition coefficient (Wildman–Crippen LogP) is 1.98. The number of nitrogens with one attached hydrogen (secondary N) is 1. The molecule has 1 fully saturated rings. The SMILES string of the molecule is Cc1ccc(OCCNC(=O)C2CCCO2)cc1C. The molecule has 0 saturated carbocycles. The Morgan fingerprint density at radius 1 is 1.42 bits per heavy atom. The fourth-order valence-electron chi connectivity index (χ4n) is 2.05. The Hall–Kier alpha value is -1.55. The molecule has 1 N–H and O–H groups in total. The molecular weight excluding hydrogens is 242 g/mol. The van der Waals surface area contributed by atoms with Crippen LogP contribution in [0.25, 0.3) is 0 Å². The van der Waals surface area contributed by atoms with Gasteiger partial charge in [-0.1, -0.05) is 6.07 Å². The summed E-state index contributed by atoms with van der Waals surface area (Å²) in [6.07, 6.45) is 1.53. The fourth-order valence-corrected chi connectivity index (χ4v) is 2.05. The lowest BCUT2D eigenvalue weighted by Gasteiger charge is -2.11. The van der Waals surface area contributed by atoms with Gasteiger partial charge in [0.1, 0.15) is 18.5 Å². The van der Waals surface area contributed by atoms with Crippen LogP contribution in [-0.2, 0) is 9.53 Å². The molecule has 1 aromatic carbocycles. The Balaban J connectivity index is 1.68. The maximum atomic E-state index is 11.7. The van der Waals surface area contributed by atoms with E-state index in [0.29, 0.717) is 19.8 Å². The molecule has 1 aliphatic heterocycles. The molecule has 1 aliphatic rings. The van der Waals surface area contributed by atoms with Crippen molar-refractivity contribution >= 4 is 5.91 Å². The number of ether oxygens (including phenoxy) is 2. The van der Waals surface area contributed by atoms with Gasteiger partial charge in [0.05, 0.1) is 6.54 Å². The summed E-state index contributed by atoms with van der Waals surface area (Å²) in [5, 5.41) is 2.83. The molecule has 1 atom stereocenters. The zero-order valence-electron chi connectivity index (χ0n) is 11.6. The largest absolute Gasteiger partial charge is 0.492 e. The predicted molar refractivity (Wildman–Crippen MR) is 73.4 cm³/mol. The fraction of sp³-hybridized carbons (Fsp3) is 0.533. The van der Waals surface area contributed by atoms with Crippen LogP contribution in [0, 0.1) is 13.8 Å². The second kappa shape index (κ2) is 6.57. The summed E-state index contributed by atoms with van der Waals surface area (Å²) in [4.78, 5) is 11.7. The third kappa shape index (κ3) is 3.96. The highest BCUT2D eigenvalue weighted by Crippen LogP contribution is 2.16. The van der Waals surface area contributed by atoms with Crippen LogP contribution in [0.2, 0.25) is 0 Å². The lowest BCUT2D eigenvalue weighted by atomic mass is 10.1. The smallest absolute Gasteiger partial charge is 0.249 e. The molecule has 0 aromatic heterocycles. The number of carbonyl (C=O) groups excluding carboxylic acids is 1. The molecule has 0 radical (unpaired) electrons. The minimum Gasteiger partial charge on any atom is -0.492 e. The quantitative estimate of drug-likeness (QED) is 0.826. The lowest BCUT2D eigenvalue weighted by molar-refractivity contribution is -0.130. The molecule has 1 amide bonds. The number of amides is 1. The third-order valence-electron chi connectivity index (χ3n) is 3.37. The first-order valence-electron chi connectivity index (χ1n) is 6.76. The number of aryl methyl sites for hydroxylation is 2. The minimum absolute atomic E-state index is 0.0267. The summed E-state index contributed by atoms with van der Waals surface area (Å²) in [6, 6.07) is 6.00. The van der Waals surface area contributed by atoms with Crippen LogP contribution in [0.1, 0.15) is 24.0 Å². The van der Waals surface area contributed by atoms with Crippen molar-refractivity contribution in [2.24, 2.45) is 0 Å². The Kier molecular flexibility index (Phi) is 4.80. The van der Waals surface area contributed by atoms with Crippen LogP contribution in [0.4, 0.5) is 0 Å². The van der Waals surface area contributed by atoms with Gasteiger partial charge in [-0.15, -0.1) is 0 Å². The van der Waals surface area contributed by atoms with E-state index < -0.39 is 0 Å². The van der Waals surface area contributed by atoms with E-state index in [9.17, 15) is 4.79 Å². The highest BCUT2D eigenvalue weighted by Gasteiger charge is 2.22. The molecule has 1 aromatic rings. The van der Waals surface area contributed by atoms with Gasteiger partial charge in [-0.2, -0.15) is 0 Å². The average molecular weight is 263 g/mol. The summed E-state index contributed by atoms with van der Waals surface area (Å²) in [5.74, 6) is 0.815. The van der Waals surface area contributed by atoms with Crippen LogP contribution >= 0.6 is 0 Å². The van der Waals surface area contributed by atoms with Gasteiger partial charge in [-0.3, -0.25) is 4.79 Å². The van der Waals surface area contributed by atoms with Crippen molar-refractivity contribution in [3.05, 3.63) is 29.3 Å². The second-order valence-corrected chi connectivity index (χ2v) is 4.89. The van der Waals surface area contributed by atoms with E-state index in [1.807, 2.05) is 18.2 Å². The molecule has 19 heavy (non-hydrogen) atoms. The highest BCUT2D eigenvalue weighted by molar-refractivity contribution is 5.80. The Bertz CT molecular complexity index is 439. The highest BCUT2D eigenvalue weighted by atomic mass is 16.5. The van der Waals surface area contributed by atoms with Crippen LogP contribution in [0.15, 0.2) is 18.2 Å². The normalized spacial score (nSPS) is 18.3. The molecule has 1 heterocycles. The number of rotatable bonds is 5. The number of carbonyl (C=O) groups is 1. The third-order valence-corrected chi connectivity index (χ3v) is 3.37. The first kappa shape index (κ1) is 13.9. The molecule has 0 aliphatic carbocycles. The molecule has 104 valence electrons. The van der Waals surface area contributed by atoms with Crippen LogP contribution in [0.3, 0.4) is 0 Å². The van der Waals surface area contributed by atoms with E-state index >= 15 is 0 Å². The zero-order chi connectivity index (χ0) is 13.7. The number of benzene rings is 1. The summed E-state index contributed by atoms with van der Waals surface area (Å²) in [6.45, 7) is 5.80. The standard InChI is InChI=1S/C15H21NO3/c1-11-5-6-13(10-12(11)2)18-9-7-16-15(17)14-4-3-8-19-14/h5-6,10,14H,3-4,7-9H2,1-2H3,(H,16,17). The topological polar surface area (TPSA) is 47.6 Å². The van der Waals surface area contributed by atoms with Gasteiger partial charge in [-0.05, 0) is 49.9 Å². The van der Waals surface area contributed by atoms with Crippen molar-refractivity contribution in [2.75, 3.05) is 19.8 Å². The zero-order valence-corrected chi connectivity index (χ0v) is 11.6. The van der Waals surface area contributed by atoms with Crippen LogP contribution in [-0.4, -0.2) is 31.8 Å². The number of hydrogen-bond acceptors (Lipinski definition) is 3. The van der Waals surface area contributed by atoms with Crippen molar-refractivity contribution in [1.29, 1.82) is 0 Å². The van der Waals surface area contributed by atoms with E-state index in [2.05, 4.69) is 19.2 Å². The molecule has 1 saturated heterocycles. The van der Waals surface area contributed by atoms with Gasteiger partial charge in [0, 0.05) is 6.61 Å². The van der Waals surface area contributed by atoms with Crippen LogP contribution < -0.4 is 10.1 Å². The van der Waals surface area contributed by atoms with Crippen molar-refractivity contribution in [2.45, 2.75) is 32.8 Å². The Labute approximate surface area is 114 Å². The summed E-state index contributed by atoms with van der Waals surface area (Å²) in [5.41, 5.74) is 2.46. The molecule has 0 bridgehead atoms. The van der Waals surface area contributed by atoms with E-state index in [4.69, 9.17) is 9.47 Å². The van der Waals surface area contributed by atoms with Gasteiger partial charge < -0.3 is 14.8 Å². The summed E-state index contributed by atoms with van der Waals surface area (Å²) in [7, 11) is 0. The van der Waals surface area contributed by atoms with Crippen molar-refractivity contribution in [3.8, 4) is 5.75 Å². The lowest BCUT2D eigenvalue weighted by Crippen LogP contribution is -2.36. The average Bonchev–Trinajstić information content (AvgIpc) is 2.92. The molecule has 2 rings (SSSR count). The van der Waals surface area contributed by atoms with E-state index in [1.165, 1.54) is 11.1 Å². The first-order chi connectivity index (χ1) is 9.16. The van der Waals surface area contributed by atoms with E-state index in [0.717, 1.165) is 18.6 Å². The first-order valence-corrected chi connectivity index (χ1v) is 6.76. The van der Waals surface area contributed by atoms with E-state index in [1.54, 1.807) is 0 Å². The molecule has 4 heteroatoms. The van der Waals surface area contributed by atoms with Gasteiger partial charge in [-0.25, -0.2) is 0 Å². The van der Waals surface area contributed by atoms with Crippen LogP contribution in [0.5, 0.6) is 5.75 Å². The van der Waals surface area contributed by atoms with Crippen molar-refractivity contribution in [1.82, 2.24) is 5.32 Å². The van der Waals surface area contributed by atoms with Gasteiger partial charge >= 0.3 is 0 Å². The molecule has 4 nitrogen and oxygen atoms in total. The summed E-state index contributed by atoms with van der Waals surface area (Å²) >= 11 is 0. The molecule has 1 unspecified atom stereocenters. The van der Waals surface area contributed by atoms with Crippen molar-refractivity contribution < 1.29 is 14.3 Å². The monoisotopic (exact) mass is 263 g/mol. The number of hydrogen-bond donors (Lipinski definition) is 1. The van der Waals surface area contributed by atoms with Gasteiger partial charge in [0.2, 0.25) is 5.91 Å². The van der Waals surface area contributed by atoms with Gasteiger partial charge in [0.15, 0.2) is 0 Å². The van der Waals surface area contributed by atoms with Crippen molar-refractivity contribution in [3.63, 3.8) is 0 Å². The minimum atomic E-state index is -0.262. The second-order valence-electron chi connectivity index (χ2n) is 4.89.